The summed E-state index contributed by atoms with van der Waals surface area (Å²) in [5.41, 5.74) is 1.42. The molecule has 1 aromatic rings. The van der Waals surface area contributed by atoms with Gasteiger partial charge >= 0.3 is 0 Å². The van der Waals surface area contributed by atoms with Crippen molar-refractivity contribution >= 4 is 15.9 Å². The van der Waals surface area contributed by atoms with E-state index in [1.165, 1.54) is 18.4 Å². The summed E-state index contributed by atoms with van der Waals surface area (Å²) in [6, 6.07) is 9.29. The fourth-order valence-corrected chi connectivity index (χ4v) is 2.33. The summed E-state index contributed by atoms with van der Waals surface area (Å²) in [5, 5.41) is 3.65. The molecule has 0 aliphatic carbocycles. The van der Waals surface area contributed by atoms with Gasteiger partial charge in [0.15, 0.2) is 0 Å². The fraction of sp³-hybridized carbons (Fsp3) is 0.600. The zero-order valence-electron chi connectivity index (χ0n) is 11.2. The standard InChI is InChI=1S/C15H24BrN/c1-4-9-17-15(10-12(2)3)11-13-5-7-14(16)8-6-13/h5-8,12,15,17H,4,9-11H2,1-3H3. The van der Waals surface area contributed by atoms with E-state index in [0.29, 0.717) is 6.04 Å². The van der Waals surface area contributed by atoms with Crippen molar-refractivity contribution in [1.29, 1.82) is 0 Å². The van der Waals surface area contributed by atoms with Gasteiger partial charge in [-0.3, -0.25) is 0 Å². The van der Waals surface area contributed by atoms with E-state index in [1.54, 1.807) is 0 Å². The summed E-state index contributed by atoms with van der Waals surface area (Å²) in [5.74, 6) is 0.750. The van der Waals surface area contributed by atoms with E-state index in [4.69, 9.17) is 0 Å². The molecule has 0 fully saturated rings. The first-order chi connectivity index (χ1) is 8.11. The van der Waals surface area contributed by atoms with Gasteiger partial charge in [0.25, 0.3) is 0 Å². The van der Waals surface area contributed by atoms with Gasteiger partial charge < -0.3 is 5.32 Å². The second-order valence-electron chi connectivity index (χ2n) is 5.11. The van der Waals surface area contributed by atoms with Gasteiger partial charge in [-0.1, -0.05) is 48.8 Å². The number of hydrogen-bond acceptors (Lipinski definition) is 1. The van der Waals surface area contributed by atoms with Gasteiger partial charge in [0.1, 0.15) is 0 Å². The molecule has 96 valence electrons. The summed E-state index contributed by atoms with van der Waals surface area (Å²) < 4.78 is 1.16. The van der Waals surface area contributed by atoms with Crippen molar-refractivity contribution in [2.24, 2.45) is 5.92 Å². The Morgan fingerprint density at radius 2 is 1.82 bits per heavy atom. The molecular formula is C15H24BrN. The monoisotopic (exact) mass is 297 g/mol. The van der Waals surface area contributed by atoms with Crippen molar-refractivity contribution in [2.75, 3.05) is 6.54 Å². The largest absolute Gasteiger partial charge is 0.314 e. The molecule has 0 saturated carbocycles. The average Bonchev–Trinajstić information content (AvgIpc) is 2.28. The molecule has 0 saturated heterocycles. The molecule has 0 spiro atoms. The summed E-state index contributed by atoms with van der Waals surface area (Å²) in [4.78, 5) is 0. The maximum absolute atomic E-state index is 3.65. The van der Waals surface area contributed by atoms with Crippen molar-refractivity contribution in [3.05, 3.63) is 34.3 Å². The molecule has 2 heteroatoms. The summed E-state index contributed by atoms with van der Waals surface area (Å²) >= 11 is 3.48. The minimum atomic E-state index is 0.608. The van der Waals surface area contributed by atoms with E-state index < -0.39 is 0 Å². The third-order valence-electron chi connectivity index (χ3n) is 2.83. The molecule has 17 heavy (non-hydrogen) atoms. The van der Waals surface area contributed by atoms with Crippen LogP contribution in [0.2, 0.25) is 0 Å². The molecule has 0 radical (unpaired) electrons. The predicted octanol–water partition coefficient (Wildman–Crippen LogP) is 4.41. The minimum Gasteiger partial charge on any atom is -0.314 e. The van der Waals surface area contributed by atoms with Crippen molar-refractivity contribution in [2.45, 2.75) is 46.1 Å². The normalized spacial score (nSPS) is 13.0. The van der Waals surface area contributed by atoms with Gasteiger partial charge in [-0.05, 0) is 49.4 Å². The predicted molar refractivity (Wildman–Crippen MR) is 79.4 cm³/mol. The second-order valence-corrected chi connectivity index (χ2v) is 6.03. The van der Waals surface area contributed by atoms with Crippen LogP contribution in [-0.4, -0.2) is 12.6 Å². The van der Waals surface area contributed by atoms with E-state index in [-0.39, 0.29) is 0 Å². The molecule has 1 N–H and O–H groups in total. The molecule has 1 nitrogen and oxygen atoms in total. The lowest BCUT2D eigenvalue weighted by molar-refractivity contribution is 0.416. The van der Waals surface area contributed by atoms with Gasteiger partial charge in [0.2, 0.25) is 0 Å². The summed E-state index contributed by atoms with van der Waals surface area (Å²) in [7, 11) is 0. The molecule has 0 heterocycles. The molecular weight excluding hydrogens is 274 g/mol. The Morgan fingerprint density at radius 3 is 2.35 bits per heavy atom. The van der Waals surface area contributed by atoms with Crippen LogP contribution in [0.5, 0.6) is 0 Å². The Morgan fingerprint density at radius 1 is 1.18 bits per heavy atom. The van der Waals surface area contributed by atoms with E-state index >= 15 is 0 Å². The summed E-state index contributed by atoms with van der Waals surface area (Å²) in [6.45, 7) is 7.93. The Labute approximate surface area is 114 Å². The molecule has 1 unspecified atom stereocenters. The molecule has 0 aliphatic heterocycles. The van der Waals surface area contributed by atoms with Crippen molar-refractivity contribution in [3.8, 4) is 0 Å². The maximum atomic E-state index is 3.65. The van der Waals surface area contributed by atoms with Crippen LogP contribution in [-0.2, 0) is 6.42 Å². The van der Waals surface area contributed by atoms with Gasteiger partial charge in [-0.15, -0.1) is 0 Å². The third-order valence-corrected chi connectivity index (χ3v) is 3.36. The van der Waals surface area contributed by atoms with E-state index in [0.717, 1.165) is 23.4 Å². The van der Waals surface area contributed by atoms with Crippen molar-refractivity contribution in [1.82, 2.24) is 5.32 Å². The highest BCUT2D eigenvalue weighted by atomic mass is 79.9. The molecule has 1 atom stereocenters. The number of hydrogen-bond donors (Lipinski definition) is 1. The van der Waals surface area contributed by atoms with Crippen molar-refractivity contribution in [3.63, 3.8) is 0 Å². The number of halogens is 1. The van der Waals surface area contributed by atoms with Gasteiger partial charge in [-0.2, -0.15) is 0 Å². The lowest BCUT2D eigenvalue weighted by atomic mass is 9.97. The van der Waals surface area contributed by atoms with Crippen LogP contribution in [0.25, 0.3) is 0 Å². The maximum Gasteiger partial charge on any atom is 0.0175 e. The zero-order chi connectivity index (χ0) is 12.7. The first-order valence-corrected chi connectivity index (χ1v) is 7.39. The van der Waals surface area contributed by atoms with Gasteiger partial charge in [0.05, 0.1) is 0 Å². The second kappa shape index (κ2) is 7.88. The zero-order valence-corrected chi connectivity index (χ0v) is 12.8. The van der Waals surface area contributed by atoms with Crippen molar-refractivity contribution < 1.29 is 0 Å². The van der Waals surface area contributed by atoms with Crippen LogP contribution in [0.4, 0.5) is 0 Å². The minimum absolute atomic E-state index is 0.608. The lowest BCUT2D eigenvalue weighted by Gasteiger charge is -2.20. The van der Waals surface area contributed by atoms with Crippen LogP contribution in [0.15, 0.2) is 28.7 Å². The van der Waals surface area contributed by atoms with E-state index in [9.17, 15) is 0 Å². The van der Waals surface area contributed by atoms with E-state index in [1.807, 2.05) is 0 Å². The highest BCUT2D eigenvalue weighted by molar-refractivity contribution is 9.10. The Balaban J connectivity index is 2.54. The SMILES string of the molecule is CCCNC(Cc1ccc(Br)cc1)CC(C)C. The Bertz CT molecular complexity index is 305. The van der Waals surface area contributed by atoms with Crippen LogP contribution in [0.1, 0.15) is 39.2 Å². The molecule has 0 amide bonds. The third kappa shape index (κ3) is 6.23. The summed E-state index contributed by atoms with van der Waals surface area (Å²) in [6.07, 6.45) is 3.58. The van der Waals surface area contributed by atoms with Crippen LogP contribution >= 0.6 is 15.9 Å². The first-order valence-electron chi connectivity index (χ1n) is 6.59. The van der Waals surface area contributed by atoms with E-state index in [2.05, 4.69) is 66.3 Å². The number of benzene rings is 1. The average molecular weight is 298 g/mol. The smallest absolute Gasteiger partial charge is 0.0175 e. The topological polar surface area (TPSA) is 12.0 Å². The first kappa shape index (κ1) is 14.7. The molecule has 1 aromatic carbocycles. The fourth-order valence-electron chi connectivity index (χ4n) is 2.06. The Kier molecular flexibility index (Phi) is 6.83. The van der Waals surface area contributed by atoms with Crippen LogP contribution in [0, 0.1) is 5.92 Å². The molecule has 0 bridgehead atoms. The van der Waals surface area contributed by atoms with Crippen LogP contribution < -0.4 is 5.32 Å². The highest BCUT2D eigenvalue weighted by Crippen LogP contribution is 2.14. The Hall–Kier alpha value is -0.340. The molecule has 1 rings (SSSR count). The van der Waals surface area contributed by atoms with Crippen LogP contribution in [0.3, 0.4) is 0 Å². The number of nitrogens with one attached hydrogen (secondary N) is 1. The van der Waals surface area contributed by atoms with Gasteiger partial charge in [0, 0.05) is 10.5 Å². The number of rotatable bonds is 7. The quantitative estimate of drug-likeness (QED) is 0.786. The van der Waals surface area contributed by atoms with Gasteiger partial charge in [-0.25, -0.2) is 0 Å². The molecule has 0 aliphatic rings. The molecule has 0 aromatic heterocycles. The highest BCUT2D eigenvalue weighted by Gasteiger charge is 2.10. The lowest BCUT2D eigenvalue weighted by Crippen LogP contribution is -2.33.